The van der Waals surface area contributed by atoms with E-state index in [0.717, 1.165) is 37.0 Å². The summed E-state index contributed by atoms with van der Waals surface area (Å²) in [7, 11) is 0. The molecule has 1 heterocycles. The number of thiazole rings is 1. The number of aryl methyl sites for hydroxylation is 1. The fraction of sp³-hybridized carbons (Fsp3) is 0.733. The molecule has 2 aliphatic carbocycles. The van der Waals surface area contributed by atoms with Crippen LogP contribution < -0.4 is 5.32 Å². The monoisotopic (exact) mass is 348 g/mol. The molecular weight excluding hydrogens is 329 g/mol. The summed E-state index contributed by atoms with van der Waals surface area (Å²) >= 11 is 0.720. The molecule has 128 valence electrons. The van der Waals surface area contributed by atoms with Gasteiger partial charge in [0.05, 0.1) is 6.42 Å². The fourth-order valence-corrected chi connectivity index (χ4v) is 3.76. The fourth-order valence-electron chi connectivity index (χ4n) is 2.84. The Bertz CT molecular complexity index is 584. The molecule has 0 saturated heterocycles. The second-order valence-electron chi connectivity index (χ2n) is 6.60. The standard InChI is InChI=1S/C15H19F3N2O2S/c1-8-7-23-13(19-8)14(22,15(16,17)18)6-11(21)20-12(9-2-3-9)10-4-5-10/h7,9-10,12,22H,2-6H2,1H3,(H,20,21). The van der Waals surface area contributed by atoms with Crippen LogP contribution in [0.2, 0.25) is 0 Å². The van der Waals surface area contributed by atoms with Gasteiger partial charge in [0.15, 0.2) is 0 Å². The molecule has 8 heteroatoms. The lowest BCUT2D eigenvalue weighted by Crippen LogP contribution is -2.48. The number of carbonyl (C=O) groups excluding carboxylic acids is 1. The number of hydrogen-bond acceptors (Lipinski definition) is 4. The molecule has 0 bridgehead atoms. The maximum Gasteiger partial charge on any atom is 0.424 e. The van der Waals surface area contributed by atoms with E-state index in [0.29, 0.717) is 17.5 Å². The highest BCUT2D eigenvalue weighted by atomic mass is 32.1. The van der Waals surface area contributed by atoms with Crippen LogP contribution >= 0.6 is 11.3 Å². The molecule has 2 fully saturated rings. The Kier molecular flexibility index (Phi) is 4.16. The van der Waals surface area contributed by atoms with Crippen molar-refractivity contribution in [2.24, 2.45) is 11.8 Å². The second kappa shape index (κ2) is 5.73. The third-order valence-electron chi connectivity index (χ3n) is 4.45. The molecule has 1 aromatic heterocycles. The molecule has 2 aliphatic rings. The van der Waals surface area contributed by atoms with Gasteiger partial charge < -0.3 is 10.4 Å². The van der Waals surface area contributed by atoms with Gasteiger partial charge in [-0.3, -0.25) is 4.79 Å². The van der Waals surface area contributed by atoms with E-state index in [-0.39, 0.29) is 6.04 Å². The first-order valence-electron chi connectivity index (χ1n) is 7.72. The molecule has 23 heavy (non-hydrogen) atoms. The third-order valence-corrected chi connectivity index (χ3v) is 5.56. The summed E-state index contributed by atoms with van der Waals surface area (Å²) in [6.45, 7) is 1.55. The van der Waals surface area contributed by atoms with E-state index in [4.69, 9.17) is 0 Å². The van der Waals surface area contributed by atoms with Crippen LogP contribution in [0.15, 0.2) is 5.38 Å². The highest BCUT2D eigenvalue weighted by Crippen LogP contribution is 2.46. The summed E-state index contributed by atoms with van der Waals surface area (Å²) in [6.07, 6.45) is -1.96. The summed E-state index contributed by atoms with van der Waals surface area (Å²) in [5, 5.41) is 13.9. The highest BCUT2D eigenvalue weighted by Gasteiger charge is 2.58. The van der Waals surface area contributed by atoms with Crippen molar-refractivity contribution < 1.29 is 23.1 Å². The second-order valence-corrected chi connectivity index (χ2v) is 7.46. The lowest BCUT2D eigenvalue weighted by molar-refractivity contribution is -0.267. The molecule has 4 nitrogen and oxygen atoms in total. The predicted octanol–water partition coefficient (Wildman–Crippen LogP) is 2.90. The molecule has 0 aromatic carbocycles. The highest BCUT2D eigenvalue weighted by molar-refractivity contribution is 7.09. The molecule has 1 aromatic rings. The smallest absolute Gasteiger partial charge is 0.374 e. The number of aliphatic hydroxyl groups is 1. The van der Waals surface area contributed by atoms with Crippen molar-refractivity contribution in [2.75, 3.05) is 0 Å². The normalized spacial score (nSPS) is 21.3. The zero-order valence-corrected chi connectivity index (χ0v) is 13.5. The van der Waals surface area contributed by atoms with Gasteiger partial charge in [-0.15, -0.1) is 11.3 Å². The van der Waals surface area contributed by atoms with Gasteiger partial charge in [-0.1, -0.05) is 0 Å². The Morgan fingerprint density at radius 1 is 1.39 bits per heavy atom. The van der Waals surface area contributed by atoms with Crippen LogP contribution in [-0.4, -0.2) is 28.2 Å². The van der Waals surface area contributed by atoms with Crippen LogP contribution in [0.25, 0.3) is 0 Å². The Balaban J connectivity index is 1.74. The number of nitrogens with one attached hydrogen (secondary N) is 1. The Morgan fingerprint density at radius 2 is 1.96 bits per heavy atom. The predicted molar refractivity (Wildman–Crippen MR) is 78.8 cm³/mol. The Labute approximate surface area is 136 Å². The largest absolute Gasteiger partial charge is 0.424 e. The zero-order chi connectivity index (χ0) is 16.8. The lowest BCUT2D eigenvalue weighted by Gasteiger charge is -2.29. The average molecular weight is 348 g/mol. The van der Waals surface area contributed by atoms with Crippen molar-refractivity contribution in [3.8, 4) is 0 Å². The van der Waals surface area contributed by atoms with Crippen LogP contribution in [0.4, 0.5) is 13.2 Å². The first-order chi connectivity index (χ1) is 10.7. The van der Waals surface area contributed by atoms with E-state index in [9.17, 15) is 23.1 Å². The van der Waals surface area contributed by atoms with Gasteiger partial charge in [0.25, 0.3) is 0 Å². The van der Waals surface area contributed by atoms with Crippen LogP contribution in [-0.2, 0) is 10.4 Å². The molecular formula is C15H19F3N2O2S. The number of nitrogens with zero attached hydrogens (tertiary/aromatic N) is 1. The van der Waals surface area contributed by atoms with Crippen LogP contribution in [0.5, 0.6) is 0 Å². The molecule has 0 aliphatic heterocycles. The number of hydrogen-bond donors (Lipinski definition) is 2. The number of carbonyl (C=O) groups is 1. The van der Waals surface area contributed by atoms with E-state index < -0.39 is 29.1 Å². The summed E-state index contributed by atoms with van der Waals surface area (Å²) in [5.41, 5.74) is -2.84. The first kappa shape index (κ1) is 16.7. The average Bonchev–Trinajstić information content (AvgIpc) is 3.34. The van der Waals surface area contributed by atoms with E-state index in [1.54, 1.807) is 6.92 Å². The van der Waals surface area contributed by atoms with Gasteiger partial charge in [0.1, 0.15) is 5.01 Å². The first-order valence-corrected chi connectivity index (χ1v) is 8.60. The molecule has 1 unspecified atom stereocenters. The zero-order valence-electron chi connectivity index (χ0n) is 12.7. The molecule has 1 amide bonds. The number of rotatable bonds is 6. The van der Waals surface area contributed by atoms with Crippen molar-refractivity contribution >= 4 is 17.2 Å². The quantitative estimate of drug-likeness (QED) is 0.831. The Morgan fingerprint density at radius 3 is 2.35 bits per heavy atom. The van der Waals surface area contributed by atoms with E-state index >= 15 is 0 Å². The van der Waals surface area contributed by atoms with Gasteiger partial charge in [-0.05, 0) is 44.4 Å². The molecule has 2 saturated carbocycles. The van der Waals surface area contributed by atoms with Gasteiger partial charge in [-0.25, -0.2) is 4.98 Å². The van der Waals surface area contributed by atoms with Gasteiger partial charge in [-0.2, -0.15) is 13.2 Å². The van der Waals surface area contributed by atoms with E-state index in [1.807, 2.05) is 0 Å². The molecule has 0 spiro atoms. The number of alkyl halides is 3. The minimum Gasteiger partial charge on any atom is -0.374 e. The molecule has 0 radical (unpaired) electrons. The van der Waals surface area contributed by atoms with E-state index in [2.05, 4.69) is 10.3 Å². The van der Waals surface area contributed by atoms with Crippen molar-refractivity contribution in [1.29, 1.82) is 0 Å². The summed E-state index contributed by atoms with van der Waals surface area (Å²) in [6, 6.07) is -0.0435. The topological polar surface area (TPSA) is 62.2 Å². The summed E-state index contributed by atoms with van der Waals surface area (Å²) in [4.78, 5) is 15.9. The third kappa shape index (κ3) is 3.52. The van der Waals surface area contributed by atoms with E-state index in [1.165, 1.54) is 5.38 Å². The van der Waals surface area contributed by atoms with Crippen LogP contribution in [0, 0.1) is 18.8 Å². The maximum absolute atomic E-state index is 13.4. The maximum atomic E-state index is 13.4. The SMILES string of the molecule is Cc1csc(C(O)(CC(=O)NC(C2CC2)C2CC2)C(F)(F)F)n1. The number of aromatic nitrogens is 1. The van der Waals surface area contributed by atoms with Crippen LogP contribution in [0.1, 0.15) is 42.8 Å². The number of amides is 1. The Hall–Kier alpha value is -1.15. The number of halogens is 3. The minimum absolute atomic E-state index is 0.0435. The minimum atomic E-state index is -4.96. The van der Waals surface area contributed by atoms with Crippen molar-refractivity contribution in [2.45, 2.75) is 56.8 Å². The van der Waals surface area contributed by atoms with Crippen molar-refractivity contribution in [3.63, 3.8) is 0 Å². The van der Waals surface area contributed by atoms with Crippen molar-refractivity contribution in [3.05, 3.63) is 16.1 Å². The van der Waals surface area contributed by atoms with Crippen molar-refractivity contribution in [1.82, 2.24) is 10.3 Å². The van der Waals surface area contributed by atoms with Gasteiger partial charge >= 0.3 is 6.18 Å². The lowest BCUT2D eigenvalue weighted by atomic mass is 9.98. The molecule has 3 rings (SSSR count). The van der Waals surface area contributed by atoms with Gasteiger partial charge in [0.2, 0.25) is 11.5 Å². The molecule has 1 atom stereocenters. The summed E-state index contributed by atoms with van der Waals surface area (Å²) < 4.78 is 40.1. The van der Waals surface area contributed by atoms with Gasteiger partial charge in [0, 0.05) is 17.1 Å². The van der Waals surface area contributed by atoms with Crippen LogP contribution in [0.3, 0.4) is 0 Å². The molecule has 2 N–H and O–H groups in total. The summed E-state index contributed by atoms with van der Waals surface area (Å²) in [5.74, 6) is 0.00144.